The number of hydrogen-bond donors (Lipinski definition) is 1. The van der Waals surface area contributed by atoms with E-state index in [1.165, 1.54) is 0 Å². The molecule has 0 aromatic carbocycles. The van der Waals surface area contributed by atoms with Gasteiger partial charge in [-0.05, 0) is 5.41 Å². The number of nitrogens with two attached hydrogens (primary N) is 1. The number of hydrogen-bond acceptors (Lipinski definition) is 6. The van der Waals surface area contributed by atoms with E-state index in [0.29, 0.717) is 0 Å². The Labute approximate surface area is 98.4 Å². The van der Waals surface area contributed by atoms with E-state index in [0.717, 1.165) is 5.01 Å². The lowest BCUT2D eigenvalue weighted by Gasteiger charge is -2.23. The molecule has 0 aliphatic carbocycles. The summed E-state index contributed by atoms with van der Waals surface area (Å²) in [6, 6.07) is 0. The first-order valence-electron chi connectivity index (χ1n) is 5.03. The molecule has 0 heterocycles. The van der Waals surface area contributed by atoms with Crippen LogP contribution in [0.1, 0.15) is 26.7 Å². The van der Waals surface area contributed by atoms with Crippen LogP contribution in [-0.2, 0) is 9.59 Å². The van der Waals surface area contributed by atoms with E-state index in [-0.39, 0.29) is 25.9 Å². The minimum Gasteiger partial charge on any atom is -0.280 e. The van der Waals surface area contributed by atoms with E-state index in [9.17, 15) is 19.4 Å². The van der Waals surface area contributed by atoms with Crippen molar-refractivity contribution < 1.29 is 9.59 Å². The molecule has 0 aliphatic rings. The van der Waals surface area contributed by atoms with Gasteiger partial charge in [0.15, 0.2) is 0 Å². The molecule has 96 valence electrons. The molecule has 2 amide bonds. The van der Waals surface area contributed by atoms with Gasteiger partial charge >= 0.3 is 0 Å². The third-order valence-electron chi connectivity index (χ3n) is 2.11. The second-order valence-electron chi connectivity index (χ2n) is 4.45. The molecule has 2 N–H and O–H groups in total. The highest BCUT2D eigenvalue weighted by Crippen LogP contribution is 2.21. The van der Waals surface area contributed by atoms with E-state index in [1.807, 2.05) is 0 Å². The van der Waals surface area contributed by atoms with Crippen LogP contribution in [0.25, 0.3) is 0 Å². The summed E-state index contributed by atoms with van der Waals surface area (Å²) in [5.74, 6) is 4.12. The van der Waals surface area contributed by atoms with Crippen LogP contribution in [0.2, 0.25) is 0 Å². The van der Waals surface area contributed by atoms with Crippen LogP contribution in [0.15, 0.2) is 10.4 Å². The predicted octanol–water partition coefficient (Wildman–Crippen LogP) is 0.555. The highest BCUT2D eigenvalue weighted by atomic mass is 16.3. The summed E-state index contributed by atoms with van der Waals surface area (Å²) in [6.07, 6.45) is -0.171. The predicted molar refractivity (Wildman–Crippen MR) is 60.4 cm³/mol. The van der Waals surface area contributed by atoms with Crippen molar-refractivity contribution >= 4 is 11.8 Å². The van der Waals surface area contributed by atoms with Crippen molar-refractivity contribution in [1.82, 2.24) is 5.01 Å². The highest BCUT2D eigenvalue weighted by Gasteiger charge is 2.24. The SMILES string of the molecule is CC(C)(CN=O)CC(=O)N(N)CCC(=O)N=O. The van der Waals surface area contributed by atoms with Crippen LogP contribution < -0.4 is 5.84 Å². The quantitative estimate of drug-likeness (QED) is 0.303. The third-order valence-corrected chi connectivity index (χ3v) is 2.11. The van der Waals surface area contributed by atoms with Gasteiger partial charge < -0.3 is 0 Å². The smallest absolute Gasteiger partial charge is 0.280 e. The van der Waals surface area contributed by atoms with E-state index >= 15 is 0 Å². The van der Waals surface area contributed by atoms with Crippen molar-refractivity contribution in [2.24, 2.45) is 21.6 Å². The molecule has 0 aliphatic heterocycles. The maximum absolute atomic E-state index is 11.6. The first-order chi connectivity index (χ1) is 7.82. The number of nitroso groups, excluding NO2 is 2. The summed E-state index contributed by atoms with van der Waals surface area (Å²) in [7, 11) is 0. The maximum Gasteiger partial charge on any atom is 0.288 e. The average molecular weight is 244 g/mol. The van der Waals surface area contributed by atoms with Gasteiger partial charge in [-0.25, -0.2) is 5.84 Å². The zero-order chi connectivity index (χ0) is 13.5. The van der Waals surface area contributed by atoms with E-state index < -0.39 is 17.2 Å². The number of nitrogens with zero attached hydrogens (tertiary/aromatic N) is 3. The molecular weight excluding hydrogens is 228 g/mol. The normalized spacial score (nSPS) is 10.8. The topological polar surface area (TPSA) is 122 Å². The molecule has 17 heavy (non-hydrogen) atoms. The van der Waals surface area contributed by atoms with Crippen LogP contribution in [-0.4, -0.2) is 29.9 Å². The van der Waals surface area contributed by atoms with E-state index in [1.54, 1.807) is 13.8 Å². The van der Waals surface area contributed by atoms with Crippen molar-refractivity contribution in [3.63, 3.8) is 0 Å². The Balaban J connectivity index is 4.17. The van der Waals surface area contributed by atoms with Crippen LogP contribution in [0.5, 0.6) is 0 Å². The third kappa shape index (κ3) is 6.46. The summed E-state index contributed by atoms with van der Waals surface area (Å²) in [5, 5.41) is 5.76. The molecule has 0 spiro atoms. The van der Waals surface area contributed by atoms with Crippen molar-refractivity contribution in [1.29, 1.82) is 0 Å². The van der Waals surface area contributed by atoms with Gasteiger partial charge in [0.2, 0.25) is 5.91 Å². The Morgan fingerprint density at radius 2 is 1.88 bits per heavy atom. The number of rotatable bonds is 7. The van der Waals surface area contributed by atoms with E-state index in [4.69, 9.17) is 5.84 Å². The second kappa shape index (κ2) is 6.79. The van der Waals surface area contributed by atoms with Gasteiger partial charge in [0.1, 0.15) is 0 Å². The van der Waals surface area contributed by atoms with Gasteiger partial charge in [0.25, 0.3) is 5.91 Å². The summed E-state index contributed by atoms with van der Waals surface area (Å²) in [6.45, 7) is 3.34. The Bertz CT molecular complexity index is 316. The number of hydrazine groups is 1. The fraction of sp³-hybridized carbons (Fsp3) is 0.778. The molecule has 0 atom stereocenters. The summed E-state index contributed by atoms with van der Waals surface area (Å²) >= 11 is 0. The molecule has 0 unspecified atom stereocenters. The van der Waals surface area contributed by atoms with E-state index in [2.05, 4.69) is 10.4 Å². The summed E-state index contributed by atoms with van der Waals surface area (Å²) in [5.41, 5.74) is -0.580. The highest BCUT2D eigenvalue weighted by molar-refractivity contribution is 5.79. The maximum atomic E-state index is 11.6. The molecule has 0 rings (SSSR count). The van der Waals surface area contributed by atoms with Gasteiger partial charge in [-0.3, -0.25) is 14.6 Å². The monoisotopic (exact) mass is 244 g/mol. The summed E-state index contributed by atoms with van der Waals surface area (Å²) < 4.78 is 0. The van der Waals surface area contributed by atoms with Gasteiger partial charge in [-0.15, -0.1) is 4.91 Å². The van der Waals surface area contributed by atoms with Gasteiger partial charge in [-0.2, -0.15) is 4.91 Å². The molecular formula is C9H16N4O4. The van der Waals surface area contributed by atoms with Crippen LogP contribution in [0.4, 0.5) is 0 Å². The number of carbonyl (C=O) groups is 2. The fourth-order valence-electron chi connectivity index (χ4n) is 1.13. The van der Waals surface area contributed by atoms with Gasteiger partial charge in [0.05, 0.1) is 13.0 Å². The Morgan fingerprint density at radius 1 is 1.29 bits per heavy atom. The number of carbonyl (C=O) groups excluding carboxylic acids is 2. The molecule has 0 saturated carbocycles. The summed E-state index contributed by atoms with van der Waals surface area (Å²) in [4.78, 5) is 42.1. The van der Waals surface area contributed by atoms with Gasteiger partial charge in [0, 0.05) is 18.1 Å². The first kappa shape index (κ1) is 15.3. The molecule has 0 radical (unpaired) electrons. The lowest BCUT2D eigenvalue weighted by molar-refractivity contribution is -0.133. The standard InChI is InChI=1S/C9H16N4O4/c1-9(2,6-11-16)5-8(15)13(10)4-3-7(14)12-17/h3-6,10H2,1-2H3. The number of amides is 2. The minimum atomic E-state index is -0.859. The molecule has 0 aromatic rings. The second-order valence-corrected chi connectivity index (χ2v) is 4.45. The zero-order valence-corrected chi connectivity index (χ0v) is 9.88. The largest absolute Gasteiger partial charge is 0.288 e. The van der Waals surface area contributed by atoms with Crippen LogP contribution in [0, 0.1) is 15.2 Å². The molecule has 0 aromatic heterocycles. The molecule has 8 heteroatoms. The van der Waals surface area contributed by atoms with Crippen LogP contribution >= 0.6 is 0 Å². The minimum absolute atomic E-state index is 0.00139. The lowest BCUT2D eigenvalue weighted by Crippen LogP contribution is -2.41. The Hall–Kier alpha value is -1.70. The molecule has 8 nitrogen and oxygen atoms in total. The van der Waals surface area contributed by atoms with Crippen LogP contribution in [0.3, 0.4) is 0 Å². The zero-order valence-electron chi connectivity index (χ0n) is 9.88. The van der Waals surface area contributed by atoms with Crippen molar-refractivity contribution in [3.8, 4) is 0 Å². The Morgan fingerprint density at radius 3 is 2.35 bits per heavy atom. The first-order valence-corrected chi connectivity index (χ1v) is 5.03. The Kier molecular flexibility index (Phi) is 6.11. The molecule has 0 bridgehead atoms. The van der Waals surface area contributed by atoms with Gasteiger partial charge in [-0.1, -0.05) is 19.0 Å². The molecule has 0 fully saturated rings. The molecule has 0 saturated heterocycles. The van der Waals surface area contributed by atoms with Crippen molar-refractivity contribution in [2.45, 2.75) is 26.7 Å². The average Bonchev–Trinajstić information content (AvgIpc) is 2.24. The lowest BCUT2D eigenvalue weighted by atomic mass is 9.89. The van der Waals surface area contributed by atoms with Crippen molar-refractivity contribution in [3.05, 3.63) is 9.81 Å². The van der Waals surface area contributed by atoms with Crippen molar-refractivity contribution in [2.75, 3.05) is 13.1 Å². The fourth-order valence-corrected chi connectivity index (χ4v) is 1.13.